The van der Waals surface area contributed by atoms with Gasteiger partial charge in [0.05, 0.1) is 11.9 Å². The summed E-state index contributed by atoms with van der Waals surface area (Å²) in [5.74, 6) is 1.10. The van der Waals surface area contributed by atoms with Crippen LogP contribution in [0.4, 0.5) is 11.5 Å². The number of nitrogens with zero attached hydrogens (tertiary/aromatic N) is 2. The fraction of sp³-hybridized carbons (Fsp3) is 0.400. The van der Waals surface area contributed by atoms with Crippen LogP contribution >= 0.6 is 0 Å². The lowest BCUT2D eigenvalue weighted by Crippen LogP contribution is -2.30. The molecule has 0 aliphatic carbocycles. The molecule has 4 nitrogen and oxygen atoms in total. The molecule has 0 bridgehead atoms. The molecule has 4 heteroatoms. The Hall–Kier alpha value is -1.97. The van der Waals surface area contributed by atoms with E-state index in [9.17, 15) is 0 Å². The Balaban J connectivity index is 1.58. The third-order valence-electron chi connectivity index (χ3n) is 3.59. The lowest BCUT2D eigenvalue weighted by molar-refractivity contribution is 0.573. The topological polar surface area (TPSA) is 44.0 Å². The van der Waals surface area contributed by atoms with Crippen LogP contribution in [0.15, 0.2) is 36.8 Å². The maximum Gasteiger partial charge on any atom is 0.128 e. The molecule has 19 heavy (non-hydrogen) atoms. The van der Waals surface area contributed by atoms with Crippen molar-refractivity contribution in [1.82, 2.24) is 9.97 Å². The van der Waals surface area contributed by atoms with Crippen molar-refractivity contribution >= 4 is 11.5 Å². The van der Waals surface area contributed by atoms with Gasteiger partial charge in [-0.3, -0.25) is 0 Å². The quantitative estimate of drug-likeness (QED) is 0.883. The van der Waals surface area contributed by atoms with Crippen LogP contribution in [0.5, 0.6) is 0 Å². The van der Waals surface area contributed by atoms with Crippen LogP contribution in [0.2, 0.25) is 0 Å². The second-order valence-electron chi connectivity index (χ2n) is 5.03. The first-order valence-corrected chi connectivity index (χ1v) is 6.98. The maximum absolute atomic E-state index is 4.56. The number of aromatic nitrogens is 2. The predicted octanol–water partition coefficient (Wildman–Crippen LogP) is 3.01. The molecule has 0 atom stereocenters. The molecular weight excluding hydrogens is 236 g/mol. The average molecular weight is 256 g/mol. The van der Waals surface area contributed by atoms with Crippen molar-refractivity contribution in [2.45, 2.75) is 25.8 Å². The number of H-pyrrole nitrogens is 1. The molecule has 2 aromatic heterocycles. The van der Waals surface area contributed by atoms with Crippen molar-refractivity contribution in [2.24, 2.45) is 0 Å². The molecule has 0 spiro atoms. The summed E-state index contributed by atoms with van der Waals surface area (Å²) < 4.78 is 0. The van der Waals surface area contributed by atoms with E-state index in [-0.39, 0.29) is 0 Å². The van der Waals surface area contributed by atoms with Gasteiger partial charge in [-0.25, -0.2) is 4.98 Å². The molecule has 1 aliphatic heterocycles. The predicted molar refractivity (Wildman–Crippen MR) is 78.4 cm³/mol. The van der Waals surface area contributed by atoms with Gasteiger partial charge in [0, 0.05) is 32.0 Å². The molecule has 3 heterocycles. The first-order chi connectivity index (χ1) is 9.42. The van der Waals surface area contributed by atoms with Crippen molar-refractivity contribution in [3.63, 3.8) is 0 Å². The van der Waals surface area contributed by atoms with Gasteiger partial charge in [0.25, 0.3) is 0 Å². The molecule has 0 amide bonds. The molecule has 1 saturated heterocycles. The van der Waals surface area contributed by atoms with Crippen LogP contribution in [-0.2, 0) is 6.54 Å². The second-order valence-corrected chi connectivity index (χ2v) is 5.03. The number of pyridine rings is 1. The van der Waals surface area contributed by atoms with E-state index in [1.807, 2.05) is 18.6 Å². The van der Waals surface area contributed by atoms with Crippen LogP contribution in [0, 0.1) is 0 Å². The van der Waals surface area contributed by atoms with Crippen LogP contribution in [0.1, 0.15) is 24.8 Å². The van der Waals surface area contributed by atoms with Crippen molar-refractivity contribution < 1.29 is 0 Å². The van der Waals surface area contributed by atoms with Gasteiger partial charge in [-0.15, -0.1) is 0 Å². The van der Waals surface area contributed by atoms with E-state index >= 15 is 0 Å². The summed E-state index contributed by atoms with van der Waals surface area (Å²) in [6, 6.07) is 6.30. The minimum Gasteiger partial charge on any atom is -0.380 e. The molecule has 100 valence electrons. The largest absolute Gasteiger partial charge is 0.380 e. The Bertz CT molecular complexity index is 483. The minimum absolute atomic E-state index is 0.828. The summed E-state index contributed by atoms with van der Waals surface area (Å²) in [7, 11) is 0. The summed E-state index contributed by atoms with van der Waals surface area (Å²) in [5.41, 5.74) is 2.32. The number of hydrogen-bond donors (Lipinski definition) is 2. The first kappa shape index (κ1) is 12.1. The Morgan fingerprint density at radius 3 is 2.74 bits per heavy atom. The van der Waals surface area contributed by atoms with Crippen LogP contribution in [0.25, 0.3) is 0 Å². The Morgan fingerprint density at radius 2 is 2.05 bits per heavy atom. The third-order valence-corrected chi connectivity index (χ3v) is 3.59. The Morgan fingerprint density at radius 1 is 1.16 bits per heavy atom. The van der Waals surface area contributed by atoms with Gasteiger partial charge >= 0.3 is 0 Å². The smallest absolute Gasteiger partial charge is 0.128 e. The summed E-state index contributed by atoms with van der Waals surface area (Å²) in [6.07, 6.45) is 9.80. The monoisotopic (exact) mass is 256 g/mol. The molecule has 0 unspecified atom stereocenters. The SMILES string of the molecule is c1cc(CNc2ccc(N3CCCCC3)nc2)c[nH]1. The average Bonchev–Trinajstić information content (AvgIpc) is 3.00. The third kappa shape index (κ3) is 3.08. The van der Waals surface area contributed by atoms with Crippen molar-refractivity contribution in [2.75, 3.05) is 23.3 Å². The van der Waals surface area contributed by atoms with Gasteiger partial charge in [0.15, 0.2) is 0 Å². The number of aromatic amines is 1. The summed E-state index contributed by atoms with van der Waals surface area (Å²) in [4.78, 5) is 9.99. The van der Waals surface area contributed by atoms with E-state index in [1.54, 1.807) is 0 Å². The lowest BCUT2D eigenvalue weighted by Gasteiger charge is -2.27. The van der Waals surface area contributed by atoms with Gasteiger partial charge in [0.1, 0.15) is 5.82 Å². The molecule has 1 aliphatic rings. The van der Waals surface area contributed by atoms with Gasteiger partial charge < -0.3 is 15.2 Å². The molecule has 0 aromatic carbocycles. The summed E-state index contributed by atoms with van der Waals surface area (Å²) >= 11 is 0. The lowest BCUT2D eigenvalue weighted by atomic mass is 10.1. The second kappa shape index (κ2) is 5.78. The molecule has 3 rings (SSSR count). The minimum atomic E-state index is 0.828. The van der Waals surface area contributed by atoms with Gasteiger partial charge in [-0.05, 0) is 43.0 Å². The fourth-order valence-corrected chi connectivity index (χ4v) is 2.47. The standard InChI is InChI=1S/C15H20N4/c1-2-8-19(9-3-1)15-5-4-14(12-18-15)17-11-13-6-7-16-10-13/h4-7,10,12,16-17H,1-3,8-9,11H2. The molecule has 1 fully saturated rings. The highest BCUT2D eigenvalue weighted by Gasteiger charge is 2.11. The van der Waals surface area contributed by atoms with Gasteiger partial charge in [-0.1, -0.05) is 0 Å². The Kier molecular flexibility index (Phi) is 3.68. The zero-order valence-corrected chi connectivity index (χ0v) is 11.1. The number of rotatable bonds is 4. The van der Waals surface area contributed by atoms with E-state index in [1.165, 1.54) is 24.8 Å². The normalized spacial score (nSPS) is 15.5. The first-order valence-electron chi connectivity index (χ1n) is 6.98. The Labute approximate surface area is 113 Å². The van der Waals surface area contributed by atoms with E-state index < -0.39 is 0 Å². The summed E-state index contributed by atoms with van der Waals surface area (Å²) in [6.45, 7) is 3.11. The van der Waals surface area contributed by atoms with Crippen LogP contribution < -0.4 is 10.2 Å². The van der Waals surface area contributed by atoms with E-state index in [0.717, 1.165) is 31.1 Å². The fourth-order valence-electron chi connectivity index (χ4n) is 2.47. The maximum atomic E-state index is 4.56. The highest BCUT2D eigenvalue weighted by molar-refractivity contribution is 5.49. The zero-order valence-electron chi connectivity index (χ0n) is 11.1. The van der Waals surface area contributed by atoms with Crippen LogP contribution in [-0.4, -0.2) is 23.1 Å². The van der Waals surface area contributed by atoms with E-state index in [0.29, 0.717) is 0 Å². The highest BCUT2D eigenvalue weighted by Crippen LogP contribution is 2.19. The van der Waals surface area contributed by atoms with Gasteiger partial charge in [-0.2, -0.15) is 0 Å². The number of nitrogens with one attached hydrogen (secondary N) is 2. The number of anilines is 2. The molecule has 2 N–H and O–H groups in total. The number of piperidine rings is 1. The van der Waals surface area contributed by atoms with Crippen molar-refractivity contribution in [3.05, 3.63) is 42.4 Å². The van der Waals surface area contributed by atoms with E-state index in [2.05, 4.69) is 38.4 Å². The van der Waals surface area contributed by atoms with Gasteiger partial charge in [0.2, 0.25) is 0 Å². The molecular formula is C15H20N4. The molecule has 0 radical (unpaired) electrons. The molecule has 0 saturated carbocycles. The summed E-state index contributed by atoms with van der Waals surface area (Å²) in [5, 5.41) is 3.38. The van der Waals surface area contributed by atoms with Crippen molar-refractivity contribution in [3.8, 4) is 0 Å². The van der Waals surface area contributed by atoms with Crippen LogP contribution in [0.3, 0.4) is 0 Å². The van der Waals surface area contributed by atoms with E-state index in [4.69, 9.17) is 0 Å². The molecule has 2 aromatic rings. The zero-order chi connectivity index (χ0) is 12.9. The highest BCUT2D eigenvalue weighted by atomic mass is 15.2. The van der Waals surface area contributed by atoms with Crippen molar-refractivity contribution in [1.29, 1.82) is 0 Å². The number of hydrogen-bond acceptors (Lipinski definition) is 3.